The summed E-state index contributed by atoms with van der Waals surface area (Å²) < 4.78 is 0. The average Bonchev–Trinajstić information content (AvgIpc) is 3.15. The highest BCUT2D eigenvalue weighted by Crippen LogP contribution is 2.61. The molecule has 1 heterocycles. The first-order valence-electron chi connectivity index (χ1n) is 9.04. The Hall–Kier alpha value is -1.08. The number of nitrogens with two attached hydrogens (primary N) is 1. The second-order valence-electron chi connectivity index (χ2n) is 8.91. The summed E-state index contributed by atoms with van der Waals surface area (Å²) in [5.41, 5.74) is 6.66. The predicted octanol–water partition coefficient (Wildman–Crippen LogP) is 2.40. The van der Waals surface area contributed by atoms with Gasteiger partial charge in [0.05, 0.1) is 6.04 Å². The van der Waals surface area contributed by atoms with E-state index in [1.54, 1.807) is 0 Å². The summed E-state index contributed by atoms with van der Waals surface area (Å²) in [5, 5.41) is 0. The molecule has 1 saturated heterocycles. The van der Waals surface area contributed by atoms with Gasteiger partial charge in [-0.1, -0.05) is 0 Å². The zero-order chi connectivity index (χ0) is 15.1. The van der Waals surface area contributed by atoms with Crippen molar-refractivity contribution in [1.29, 1.82) is 0 Å². The van der Waals surface area contributed by atoms with Gasteiger partial charge in [-0.25, -0.2) is 6.57 Å². The lowest BCUT2D eigenvalue weighted by atomic mass is 9.47. The molecule has 4 nitrogen and oxygen atoms in total. The molecule has 0 aromatic heterocycles. The monoisotopic (exact) mass is 299 g/mol. The fraction of sp³-hybridized carbons (Fsp3) is 0.889. The van der Waals surface area contributed by atoms with Crippen molar-refractivity contribution >= 4 is 5.91 Å². The summed E-state index contributed by atoms with van der Waals surface area (Å²) in [7, 11) is 0. The van der Waals surface area contributed by atoms with Crippen molar-refractivity contribution in [3.63, 3.8) is 0 Å². The number of carbonyl (C=O) groups is 1. The second-order valence-corrected chi connectivity index (χ2v) is 8.91. The van der Waals surface area contributed by atoms with Gasteiger partial charge in [-0.2, -0.15) is 0 Å². The van der Waals surface area contributed by atoms with Gasteiger partial charge >= 0.3 is 6.17 Å². The number of hydrogen-bond acceptors (Lipinski definition) is 2. The van der Waals surface area contributed by atoms with Crippen molar-refractivity contribution in [2.24, 2.45) is 34.8 Å². The normalized spacial score (nSPS) is 52.3. The van der Waals surface area contributed by atoms with E-state index in [0.29, 0.717) is 12.0 Å². The van der Waals surface area contributed by atoms with Gasteiger partial charge < -0.3 is 5.73 Å². The highest BCUT2D eigenvalue weighted by molar-refractivity contribution is 5.84. The number of hydrogen-bond donors (Lipinski definition) is 1. The van der Waals surface area contributed by atoms with E-state index in [-0.39, 0.29) is 23.5 Å². The maximum Gasteiger partial charge on any atom is 0.301 e. The Morgan fingerprint density at radius 3 is 2.23 bits per heavy atom. The lowest BCUT2D eigenvalue weighted by Gasteiger charge is -2.58. The third kappa shape index (κ3) is 1.69. The Bertz CT molecular complexity index is 530. The molecule has 0 radical (unpaired) electrons. The van der Waals surface area contributed by atoms with Crippen LogP contribution in [0.3, 0.4) is 0 Å². The minimum absolute atomic E-state index is 0.0609. The Morgan fingerprint density at radius 2 is 1.68 bits per heavy atom. The molecule has 0 aromatic rings. The van der Waals surface area contributed by atoms with Crippen LogP contribution in [0.5, 0.6) is 0 Å². The van der Waals surface area contributed by atoms with Crippen molar-refractivity contribution in [1.82, 2.24) is 4.90 Å². The van der Waals surface area contributed by atoms with E-state index in [2.05, 4.69) is 4.85 Å². The van der Waals surface area contributed by atoms with Crippen LogP contribution in [0.1, 0.15) is 51.4 Å². The quantitative estimate of drug-likeness (QED) is 0.796. The first kappa shape index (κ1) is 13.4. The van der Waals surface area contributed by atoms with E-state index in [9.17, 15) is 4.79 Å². The van der Waals surface area contributed by atoms with Crippen LogP contribution < -0.4 is 5.73 Å². The van der Waals surface area contributed by atoms with Crippen LogP contribution in [0.25, 0.3) is 4.85 Å². The SMILES string of the molecule is [C-]#[N+][C@@H]1C[C@@H]2C[C@@H]2N1C(=O)[C@@H](N)C12CC3CC(CC(C3)C1)C2. The highest BCUT2D eigenvalue weighted by atomic mass is 16.2. The molecule has 5 saturated carbocycles. The van der Waals surface area contributed by atoms with Gasteiger partial charge in [0.2, 0.25) is 5.91 Å². The largest absolute Gasteiger partial charge is 0.319 e. The third-order valence-electron chi connectivity index (χ3n) is 7.49. The topological polar surface area (TPSA) is 50.7 Å². The van der Waals surface area contributed by atoms with Gasteiger partial charge in [0.25, 0.3) is 0 Å². The van der Waals surface area contributed by atoms with Crippen molar-refractivity contribution in [2.45, 2.75) is 69.6 Å². The van der Waals surface area contributed by atoms with Gasteiger partial charge in [-0.3, -0.25) is 14.5 Å². The molecule has 6 aliphatic rings. The van der Waals surface area contributed by atoms with E-state index in [0.717, 1.165) is 49.9 Å². The Morgan fingerprint density at radius 1 is 1.09 bits per heavy atom. The van der Waals surface area contributed by atoms with Crippen molar-refractivity contribution in [2.75, 3.05) is 0 Å². The first-order valence-corrected chi connectivity index (χ1v) is 9.04. The van der Waals surface area contributed by atoms with Crippen LogP contribution in [-0.2, 0) is 4.79 Å². The molecule has 0 aromatic carbocycles. The fourth-order valence-electron chi connectivity index (χ4n) is 6.84. The first-order chi connectivity index (χ1) is 10.6. The fourth-order valence-corrected chi connectivity index (χ4v) is 6.84. The number of nitrogens with zero attached hydrogens (tertiary/aromatic N) is 2. The smallest absolute Gasteiger partial charge is 0.301 e. The van der Waals surface area contributed by atoms with E-state index in [4.69, 9.17) is 12.3 Å². The van der Waals surface area contributed by atoms with Crippen LogP contribution in [0.2, 0.25) is 0 Å². The van der Waals surface area contributed by atoms with Crippen LogP contribution in [0, 0.1) is 35.7 Å². The standard InChI is InChI=1S/C18H25N3O/c1-20-15-6-13-5-14(13)21(15)17(22)16(19)18-7-10-2-11(8-18)4-12(3-10)9-18/h10-16H,2-9,19H2/t10?,11?,12?,13-,14-,15-,16+,18?/m0/s1. The molecule has 4 atom stereocenters. The Balaban J connectivity index is 1.41. The molecule has 22 heavy (non-hydrogen) atoms. The third-order valence-corrected chi connectivity index (χ3v) is 7.49. The van der Waals surface area contributed by atoms with E-state index >= 15 is 0 Å². The number of amides is 1. The number of carbonyl (C=O) groups excluding carboxylic acids is 1. The number of likely N-dealkylation sites (tertiary alicyclic amines) is 1. The molecule has 4 bridgehead atoms. The molecular formula is C18H25N3O. The molecule has 1 amide bonds. The molecule has 6 rings (SSSR count). The highest BCUT2D eigenvalue weighted by Gasteiger charge is 2.61. The summed E-state index contributed by atoms with van der Waals surface area (Å²) in [6.45, 7) is 7.39. The molecular weight excluding hydrogens is 274 g/mol. The van der Waals surface area contributed by atoms with Crippen molar-refractivity contribution in [3.8, 4) is 0 Å². The summed E-state index contributed by atoms with van der Waals surface area (Å²) >= 11 is 0. The Labute approximate surface area is 132 Å². The van der Waals surface area contributed by atoms with E-state index in [1.165, 1.54) is 19.3 Å². The minimum Gasteiger partial charge on any atom is -0.319 e. The molecule has 4 heteroatoms. The van der Waals surface area contributed by atoms with Crippen LogP contribution >= 0.6 is 0 Å². The number of piperidine rings is 1. The average molecular weight is 299 g/mol. The van der Waals surface area contributed by atoms with Crippen molar-refractivity contribution < 1.29 is 4.79 Å². The van der Waals surface area contributed by atoms with Gasteiger partial charge in [0.15, 0.2) is 0 Å². The molecule has 118 valence electrons. The molecule has 2 N–H and O–H groups in total. The van der Waals surface area contributed by atoms with Crippen LogP contribution in [0.15, 0.2) is 0 Å². The molecule has 6 fully saturated rings. The van der Waals surface area contributed by atoms with Gasteiger partial charge in [-0.05, 0) is 74.0 Å². The summed E-state index contributed by atoms with van der Waals surface area (Å²) in [5.74, 6) is 3.14. The molecule has 1 aliphatic heterocycles. The second kappa shape index (κ2) is 4.26. The van der Waals surface area contributed by atoms with Gasteiger partial charge in [0, 0.05) is 12.5 Å². The maximum atomic E-state index is 13.1. The predicted molar refractivity (Wildman–Crippen MR) is 82.3 cm³/mol. The van der Waals surface area contributed by atoms with E-state index < -0.39 is 0 Å². The lowest BCUT2D eigenvalue weighted by molar-refractivity contribution is -0.144. The lowest BCUT2D eigenvalue weighted by Crippen LogP contribution is -2.60. The summed E-state index contributed by atoms with van der Waals surface area (Å²) in [4.78, 5) is 18.7. The zero-order valence-electron chi connectivity index (χ0n) is 13.1. The van der Waals surface area contributed by atoms with Crippen molar-refractivity contribution in [3.05, 3.63) is 11.4 Å². The van der Waals surface area contributed by atoms with Gasteiger partial charge in [0.1, 0.15) is 0 Å². The zero-order valence-corrected chi connectivity index (χ0v) is 13.1. The molecule has 5 aliphatic carbocycles. The molecule has 0 unspecified atom stereocenters. The summed E-state index contributed by atoms with van der Waals surface area (Å²) in [6.07, 6.45) is 9.37. The van der Waals surface area contributed by atoms with Crippen LogP contribution in [-0.4, -0.2) is 29.1 Å². The summed E-state index contributed by atoms with van der Waals surface area (Å²) in [6, 6.07) is -0.0175. The number of fused-ring (bicyclic) bond motifs is 1. The van der Waals surface area contributed by atoms with Gasteiger partial charge in [-0.15, -0.1) is 0 Å². The van der Waals surface area contributed by atoms with Crippen LogP contribution in [0.4, 0.5) is 0 Å². The maximum absolute atomic E-state index is 13.1. The number of rotatable bonds is 2. The van der Waals surface area contributed by atoms with E-state index in [1.807, 2.05) is 4.90 Å². The molecule has 0 spiro atoms. The Kier molecular flexibility index (Phi) is 2.59. The minimum atomic E-state index is -0.357.